The monoisotopic (exact) mass is 251 g/mol. The van der Waals surface area contributed by atoms with E-state index in [2.05, 4.69) is 15.5 Å². The van der Waals surface area contributed by atoms with E-state index in [1.807, 2.05) is 6.92 Å². The van der Waals surface area contributed by atoms with Crippen molar-refractivity contribution in [2.75, 3.05) is 5.32 Å². The summed E-state index contributed by atoms with van der Waals surface area (Å²) in [5, 5.41) is 9.33. The number of esters is 2. The Hall–Kier alpha value is -2.31. The van der Waals surface area contributed by atoms with E-state index < -0.39 is 17.7 Å². The fourth-order valence-electron chi connectivity index (χ4n) is 1.42. The molecule has 0 amide bonds. The number of anilines is 1. The first-order valence-electron chi connectivity index (χ1n) is 5.33. The highest BCUT2D eigenvalue weighted by Crippen LogP contribution is 2.22. The number of ether oxygens (including phenoxy) is 2. The second-order valence-corrected chi connectivity index (χ2v) is 4.32. The number of cyclic esters (lactones) is 2. The molecule has 0 atom stereocenters. The third kappa shape index (κ3) is 2.50. The average Bonchev–Trinajstić information content (AvgIpc) is 2.61. The Kier molecular flexibility index (Phi) is 2.82. The Labute approximate surface area is 103 Å². The first-order chi connectivity index (χ1) is 8.37. The minimum Gasteiger partial charge on any atom is -0.419 e. The summed E-state index contributed by atoms with van der Waals surface area (Å²) in [6, 6.07) is 1.72. The molecule has 1 saturated heterocycles. The molecule has 18 heavy (non-hydrogen) atoms. The Balaban J connectivity index is 2.13. The summed E-state index contributed by atoms with van der Waals surface area (Å²) < 4.78 is 9.86. The van der Waals surface area contributed by atoms with E-state index >= 15 is 0 Å². The summed E-state index contributed by atoms with van der Waals surface area (Å²) in [7, 11) is 0. The molecular weight excluding hydrogens is 238 g/mol. The smallest absolute Gasteiger partial charge is 0.350 e. The van der Waals surface area contributed by atoms with Gasteiger partial charge in [-0.3, -0.25) is 5.10 Å². The van der Waals surface area contributed by atoms with Gasteiger partial charge in [-0.1, -0.05) is 0 Å². The van der Waals surface area contributed by atoms with E-state index in [0.717, 1.165) is 5.69 Å². The van der Waals surface area contributed by atoms with Gasteiger partial charge in [0.2, 0.25) is 0 Å². The number of rotatable bonds is 2. The maximum Gasteiger partial charge on any atom is 0.350 e. The van der Waals surface area contributed by atoms with Crippen molar-refractivity contribution in [3.63, 3.8) is 0 Å². The van der Waals surface area contributed by atoms with Crippen LogP contribution in [0.2, 0.25) is 0 Å². The van der Waals surface area contributed by atoms with E-state index in [-0.39, 0.29) is 5.57 Å². The van der Waals surface area contributed by atoms with Crippen molar-refractivity contribution < 1.29 is 19.1 Å². The summed E-state index contributed by atoms with van der Waals surface area (Å²) in [5.41, 5.74) is 0.654. The van der Waals surface area contributed by atoms with E-state index in [1.54, 1.807) is 6.07 Å². The Morgan fingerprint density at radius 2 is 1.94 bits per heavy atom. The highest BCUT2D eigenvalue weighted by atomic mass is 16.7. The summed E-state index contributed by atoms with van der Waals surface area (Å²) >= 11 is 0. The zero-order chi connectivity index (χ0) is 13.3. The van der Waals surface area contributed by atoms with Crippen molar-refractivity contribution in [1.29, 1.82) is 0 Å². The molecule has 0 spiro atoms. The summed E-state index contributed by atoms with van der Waals surface area (Å²) in [6.45, 7) is 4.81. The summed E-state index contributed by atoms with van der Waals surface area (Å²) in [5.74, 6) is -2.19. The molecule has 0 unspecified atom stereocenters. The topological polar surface area (TPSA) is 93.3 Å². The van der Waals surface area contributed by atoms with Crippen LogP contribution in [0.1, 0.15) is 19.5 Å². The largest absolute Gasteiger partial charge is 0.419 e. The molecule has 1 aromatic heterocycles. The Morgan fingerprint density at radius 3 is 2.44 bits per heavy atom. The maximum atomic E-state index is 11.6. The number of aryl methyl sites for hydroxylation is 1. The Bertz CT molecular complexity index is 508. The maximum absolute atomic E-state index is 11.6. The number of nitrogens with one attached hydrogen (secondary N) is 2. The summed E-state index contributed by atoms with van der Waals surface area (Å²) in [4.78, 5) is 23.2. The molecule has 0 aromatic carbocycles. The molecule has 96 valence electrons. The molecule has 1 aromatic rings. The number of nitrogens with zero attached hydrogens (tertiary/aromatic N) is 1. The van der Waals surface area contributed by atoms with Crippen LogP contribution in [-0.2, 0) is 19.1 Å². The fraction of sp³-hybridized carbons (Fsp3) is 0.364. The van der Waals surface area contributed by atoms with E-state index in [4.69, 9.17) is 9.47 Å². The number of carbonyl (C=O) groups is 2. The van der Waals surface area contributed by atoms with Crippen molar-refractivity contribution in [1.82, 2.24) is 10.2 Å². The van der Waals surface area contributed by atoms with Gasteiger partial charge in [0, 0.05) is 31.8 Å². The van der Waals surface area contributed by atoms with Gasteiger partial charge in [-0.25, -0.2) is 9.59 Å². The van der Waals surface area contributed by atoms with Crippen molar-refractivity contribution in [3.8, 4) is 0 Å². The number of hydrogen-bond donors (Lipinski definition) is 2. The zero-order valence-electron chi connectivity index (χ0n) is 10.2. The lowest BCUT2D eigenvalue weighted by atomic mass is 10.2. The third-order valence-electron chi connectivity index (χ3n) is 2.19. The van der Waals surface area contributed by atoms with Gasteiger partial charge in [-0.15, -0.1) is 0 Å². The highest BCUT2D eigenvalue weighted by molar-refractivity contribution is 6.15. The Morgan fingerprint density at radius 1 is 1.33 bits per heavy atom. The van der Waals surface area contributed by atoms with Gasteiger partial charge < -0.3 is 14.8 Å². The quantitative estimate of drug-likeness (QED) is 0.460. The molecular formula is C11H13N3O4. The molecule has 0 radical (unpaired) electrons. The van der Waals surface area contributed by atoms with Gasteiger partial charge in [0.25, 0.3) is 5.79 Å². The van der Waals surface area contributed by atoms with Crippen LogP contribution >= 0.6 is 0 Å². The van der Waals surface area contributed by atoms with Gasteiger partial charge in [0.05, 0.1) is 0 Å². The zero-order valence-corrected chi connectivity index (χ0v) is 10.2. The third-order valence-corrected chi connectivity index (χ3v) is 2.19. The van der Waals surface area contributed by atoms with Gasteiger partial charge >= 0.3 is 11.9 Å². The van der Waals surface area contributed by atoms with Crippen LogP contribution in [0, 0.1) is 6.92 Å². The predicted molar refractivity (Wildman–Crippen MR) is 61.3 cm³/mol. The van der Waals surface area contributed by atoms with Crippen molar-refractivity contribution in [2.45, 2.75) is 26.6 Å². The minimum absolute atomic E-state index is 0.199. The van der Waals surface area contributed by atoms with Gasteiger partial charge in [-0.2, -0.15) is 5.10 Å². The van der Waals surface area contributed by atoms with Crippen LogP contribution in [0.4, 0.5) is 5.82 Å². The lowest BCUT2D eigenvalue weighted by Gasteiger charge is -2.29. The molecule has 7 heteroatoms. The molecule has 1 aliphatic heterocycles. The van der Waals surface area contributed by atoms with Crippen molar-refractivity contribution in [2.24, 2.45) is 0 Å². The fourth-order valence-corrected chi connectivity index (χ4v) is 1.42. The molecule has 0 saturated carbocycles. The molecule has 7 nitrogen and oxygen atoms in total. The molecule has 2 rings (SSSR count). The van der Waals surface area contributed by atoms with E-state index in [9.17, 15) is 9.59 Å². The molecule has 2 heterocycles. The minimum atomic E-state index is -1.23. The number of aromatic nitrogens is 2. The van der Waals surface area contributed by atoms with Gasteiger partial charge in [0.1, 0.15) is 0 Å². The van der Waals surface area contributed by atoms with Crippen LogP contribution in [0.25, 0.3) is 0 Å². The van der Waals surface area contributed by atoms with Crippen LogP contribution in [-0.4, -0.2) is 27.9 Å². The first kappa shape index (κ1) is 12.2. The van der Waals surface area contributed by atoms with Crippen LogP contribution < -0.4 is 5.32 Å². The first-order valence-corrected chi connectivity index (χ1v) is 5.33. The van der Waals surface area contributed by atoms with E-state index in [1.165, 1.54) is 20.0 Å². The van der Waals surface area contributed by atoms with Crippen LogP contribution in [0.5, 0.6) is 0 Å². The highest BCUT2D eigenvalue weighted by Gasteiger charge is 2.38. The van der Waals surface area contributed by atoms with Crippen molar-refractivity contribution in [3.05, 3.63) is 23.5 Å². The SMILES string of the molecule is Cc1cc(NC=C2C(=O)OC(C)(C)OC2=O)n[nH]1. The lowest BCUT2D eigenvalue weighted by molar-refractivity contribution is -0.222. The lowest BCUT2D eigenvalue weighted by Crippen LogP contribution is -2.42. The second kappa shape index (κ2) is 4.17. The molecule has 0 aliphatic carbocycles. The summed E-state index contributed by atoms with van der Waals surface area (Å²) in [6.07, 6.45) is 1.22. The molecule has 1 aliphatic rings. The molecule has 2 N–H and O–H groups in total. The van der Waals surface area contributed by atoms with Crippen molar-refractivity contribution >= 4 is 17.8 Å². The number of hydrogen-bond acceptors (Lipinski definition) is 6. The number of carbonyl (C=O) groups excluding carboxylic acids is 2. The van der Waals surface area contributed by atoms with E-state index in [0.29, 0.717) is 5.82 Å². The normalized spacial score (nSPS) is 18.1. The average molecular weight is 251 g/mol. The molecule has 0 bridgehead atoms. The number of aromatic amines is 1. The second-order valence-electron chi connectivity index (χ2n) is 4.32. The predicted octanol–water partition coefficient (Wildman–Crippen LogP) is 0.850. The van der Waals surface area contributed by atoms with Gasteiger partial charge in [0.15, 0.2) is 11.4 Å². The molecule has 1 fully saturated rings. The van der Waals surface area contributed by atoms with Crippen LogP contribution in [0.3, 0.4) is 0 Å². The number of H-pyrrole nitrogens is 1. The van der Waals surface area contributed by atoms with Crippen LogP contribution in [0.15, 0.2) is 17.8 Å². The standard InChI is InChI=1S/C11H13N3O4/c1-6-4-8(14-13-6)12-5-7-9(15)17-11(2,3)18-10(7)16/h4-5H,1-3H3,(H2,12,13,14). The van der Waals surface area contributed by atoms with Gasteiger partial charge in [-0.05, 0) is 6.92 Å².